The van der Waals surface area contributed by atoms with Gasteiger partial charge in [0.05, 0.1) is 6.10 Å². The van der Waals surface area contributed by atoms with Gasteiger partial charge in [0, 0.05) is 13.2 Å². The van der Waals surface area contributed by atoms with Crippen molar-refractivity contribution < 1.29 is 9.84 Å². The van der Waals surface area contributed by atoms with Crippen LogP contribution in [0.5, 0.6) is 0 Å². The van der Waals surface area contributed by atoms with Gasteiger partial charge in [-0.15, -0.1) is 0 Å². The molecule has 1 aliphatic rings. The summed E-state index contributed by atoms with van der Waals surface area (Å²) in [6.07, 6.45) is 1.68. The highest BCUT2D eigenvalue weighted by molar-refractivity contribution is 4.75. The topological polar surface area (TPSA) is 55.5 Å². The van der Waals surface area contributed by atoms with E-state index >= 15 is 0 Å². The average Bonchev–Trinajstić information content (AvgIpc) is 2.51. The molecule has 0 bridgehead atoms. The molecule has 3 atom stereocenters. The van der Waals surface area contributed by atoms with Gasteiger partial charge in [0.1, 0.15) is 0 Å². The van der Waals surface area contributed by atoms with E-state index in [1.165, 1.54) is 0 Å². The molecule has 1 fully saturated rings. The lowest BCUT2D eigenvalue weighted by Gasteiger charge is -2.21. The van der Waals surface area contributed by atoms with E-state index in [-0.39, 0.29) is 6.10 Å². The van der Waals surface area contributed by atoms with Gasteiger partial charge in [-0.25, -0.2) is 0 Å². The van der Waals surface area contributed by atoms with Gasteiger partial charge < -0.3 is 15.6 Å². The largest absolute Gasteiger partial charge is 0.393 e. The average molecular weight is 173 g/mol. The van der Waals surface area contributed by atoms with Gasteiger partial charge in [-0.3, -0.25) is 0 Å². The third-order valence-electron chi connectivity index (χ3n) is 2.58. The van der Waals surface area contributed by atoms with Crippen LogP contribution in [0.25, 0.3) is 0 Å². The molecule has 0 aromatic carbocycles. The zero-order valence-corrected chi connectivity index (χ0v) is 7.70. The van der Waals surface area contributed by atoms with Gasteiger partial charge in [0.25, 0.3) is 0 Å². The summed E-state index contributed by atoms with van der Waals surface area (Å²) in [6.45, 7) is 4.17. The van der Waals surface area contributed by atoms with E-state index in [1.54, 1.807) is 0 Å². The van der Waals surface area contributed by atoms with Crippen LogP contribution in [0.1, 0.15) is 19.8 Å². The van der Waals surface area contributed by atoms with E-state index in [0.717, 1.165) is 26.1 Å². The first-order valence-electron chi connectivity index (χ1n) is 4.70. The molecule has 0 spiro atoms. The van der Waals surface area contributed by atoms with Gasteiger partial charge in [0.2, 0.25) is 0 Å². The minimum atomic E-state index is -0.237. The lowest BCUT2D eigenvalue weighted by Crippen LogP contribution is -2.27. The van der Waals surface area contributed by atoms with Crippen LogP contribution in [0.3, 0.4) is 0 Å². The van der Waals surface area contributed by atoms with Crippen molar-refractivity contribution in [1.29, 1.82) is 0 Å². The Morgan fingerprint density at radius 3 is 2.83 bits per heavy atom. The van der Waals surface area contributed by atoms with Gasteiger partial charge in [-0.05, 0) is 38.1 Å². The zero-order valence-electron chi connectivity index (χ0n) is 7.70. The SMILES string of the molecule is CC(O)CC(CN)C1CCOC1. The van der Waals surface area contributed by atoms with E-state index < -0.39 is 0 Å². The van der Waals surface area contributed by atoms with Gasteiger partial charge >= 0.3 is 0 Å². The van der Waals surface area contributed by atoms with Gasteiger partial charge in [0.15, 0.2) is 0 Å². The van der Waals surface area contributed by atoms with Crippen molar-refractivity contribution >= 4 is 0 Å². The first-order chi connectivity index (χ1) is 5.74. The molecule has 0 aromatic rings. The van der Waals surface area contributed by atoms with E-state index in [9.17, 15) is 5.11 Å². The Morgan fingerprint density at radius 2 is 2.42 bits per heavy atom. The lowest BCUT2D eigenvalue weighted by atomic mass is 9.87. The molecule has 0 aliphatic carbocycles. The summed E-state index contributed by atoms with van der Waals surface area (Å²) in [5.41, 5.74) is 5.63. The van der Waals surface area contributed by atoms with E-state index in [2.05, 4.69) is 0 Å². The fourth-order valence-electron chi connectivity index (χ4n) is 1.84. The summed E-state index contributed by atoms with van der Waals surface area (Å²) in [4.78, 5) is 0. The molecule has 72 valence electrons. The lowest BCUT2D eigenvalue weighted by molar-refractivity contribution is 0.128. The Labute approximate surface area is 73.9 Å². The van der Waals surface area contributed by atoms with Crippen molar-refractivity contribution in [3.63, 3.8) is 0 Å². The molecule has 1 heterocycles. The predicted octanol–water partition coefficient (Wildman–Crippen LogP) is 0.369. The summed E-state index contributed by atoms with van der Waals surface area (Å²) in [5.74, 6) is 1.01. The summed E-state index contributed by atoms with van der Waals surface area (Å²) in [5, 5.41) is 9.22. The Hall–Kier alpha value is -0.120. The molecule has 3 N–H and O–H groups in total. The summed E-state index contributed by atoms with van der Waals surface area (Å²) in [6, 6.07) is 0. The number of nitrogens with two attached hydrogens (primary N) is 1. The number of hydrogen-bond donors (Lipinski definition) is 2. The first-order valence-corrected chi connectivity index (χ1v) is 4.70. The van der Waals surface area contributed by atoms with E-state index in [1.807, 2.05) is 6.92 Å². The van der Waals surface area contributed by atoms with E-state index in [0.29, 0.717) is 18.4 Å². The van der Waals surface area contributed by atoms with Crippen molar-refractivity contribution in [2.24, 2.45) is 17.6 Å². The quantitative estimate of drug-likeness (QED) is 0.645. The molecule has 1 aliphatic heterocycles. The number of rotatable bonds is 4. The standard InChI is InChI=1S/C9H19NO2/c1-7(11)4-9(5-10)8-2-3-12-6-8/h7-9,11H,2-6,10H2,1H3. The predicted molar refractivity (Wildman–Crippen MR) is 47.8 cm³/mol. The van der Waals surface area contributed by atoms with Gasteiger partial charge in [-0.2, -0.15) is 0 Å². The molecule has 3 nitrogen and oxygen atoms in total. The Kier molecular flexibility index (Phi) is 3.98. The molecule has 0 saturated carbocycles. The summed E-state index contributed by atoms with van der Waals surface area (Å²) in [7, 11) is 0. The summed E-state index contributed by atoms with van der Waals surface area (Å²) < 4.78 is 5.28. The highest BCUT2D eigenvalue weighted by atomic mass is 16.5. The zero-order chi connectivity index (χ0) is 8.97. The number of aliphatic hydroxyl groups is 1. The normalized spacial score (nSPS) is 28.8. The van der Waals surface area contributed by atoms with Crippen LogP contribution < -0.4 is 5.73 Å². The molecule has 0 amide bonds. The molecule has 3 unspecified atom stereocenters. The van der Waals surface area contributed by atoms with Crippen LogP contribution in [-0.2, 0) is 4.74 Å². The third-order valence-corrected chi connectivity index (χ3v) is 2.58. The highest BCUT2D eigenvalue weighted by Gasteiger charge is 2.25. The smallest absolute Gasteiger partial charge is 0.0515 e. The second-order valence-electron chi connectivity index (χ2n) is 3.70. The van der Waals surface area contributed by atoms with Gasteiger partial charge in [-0.1, -0.05) is 0 Å². The molecule has 1 saturated heterocycles. The van der Waals surface area contributed by atoms with Crippen molar-refractivity contribution in [2.75, 3.05) is 19.8 Å². The van der Waals surface area contributed by atoms with Crippen LogP contribution in [0.4, 0.5) is 0 Å². The second-order valence-corrected chi connectivity index (χ2v) is 3.70. The molecule has 1 rings (SSSR count). The molecule has 12 heavy (non-hydrogen) atoms. The van der Waals surface area contributed by atoms with Crippen LogP contribution in [-0.4, -0.2) is 31.0 Å². The Morgan fingerprint density at radius 1 is 1.67 bits per heavy atom. The highest BCUT2D eigenvalue weighted by Crippen LogP contribution is 2.24. The Bertz CT molecular complexity index is 122. The van der Waals surface area contributed by atoms with Crippen LogP contribution >= 0.6 is 0 Å². The van der Waals surface area contributed by atoms with Crippen LogP contribution in [0.15, 0.2) is 0 Å². The maximum atomic E-state index is 9.22. The number of aliphatic hydroxyl groups excluding tert-OH is 1. The molecule has 0 aromatic heterocycles. The fourth-order valence-corrected chi connectivity index (χ4v) is 1.84. The maximum Gasteiger partial charge on any atom is 0.0515 e. The van der Waals surface area contributed by atoms with Crippen LogP contribution in [0, 0.1) is 11.8 Å². The molecular formula is C9H19NO2. The second kappa shape index (κ2) is 4.80. The van der Waals surface area contributed by atoms with Crippen molar-refractivity contribution in [2.45, 2.75) is 25.9 Å². The number of ether oxygens (including phenoxy) is 1. The first kappa shape index (κ1) is 9.96. The Balaban J connectivity index is 2.32. The minimum Gasteiger partial charge on any atom is -0.393 e. The van der Waals surface area contributed by atoms with E-state index in [4.69, 9.17) is 10.5 Å². The maximum absolute atomic E-state index is 9.22. The summed E-state index contributed by atoms with van der Waals surface area (Å²) >= 11 is 0. The van der Waals surface area contributed by atoms with Crippen molar-refractivity contribution in [3.05, 3.63) is 0 Å². The third kappa shape index (κ3) is 2.73. The van der Waals surface area contributed by atoms with Crippen molar-refractivity contribution in [1.82, 2.24) is 0 Å². The monoisotopic (exact) mass is 173 g/mol. The van der Waals surface area contributed by atoms with Crippen molar-refractivity contribution in [3.8, 4) is 0 Å². The molecule has 3 heteroatoms. The minimum absolute atomic E-state index is 0.237. The number of hydrogen-bond acceptors (Lipinski definition) is 3. The van der Waals surface area contributed by atoms with Crippen LogP contribution in [0.2, 0.25) is 0 Å². The molecule has 0 radical (unpaired) electrons. The molecular weight excluding hydrogens is 154 g/mol. The fraction of sp³-hybridized carbons (Fsp3) is 1.00.